The summed E-state index contributed by atoms with van der Waals surface area (Å²) in [5.74, 6) is 1.16. The van der Waals surface area contributed by atoms with Gasteiger partial charge in [-0.05, 0) is 42.0 Å². The second-order valence-corrected chi connectivity index (χ2v) is 5.49. The third kappa shape index (κ3) is 2.96. The Hall–Kier alpha value is -2.75. The maximum atomic E-state index is 9.41. The molecule has 0 saturated carbocycles. The second kappa shape index (κ2) is 5.93. The van der Waals surface area contributed by atoms with Gasteiger partial charge in [0.05, 0.1) is 0 Å². The second-order valence-electron chi connectivity index (χ2n) is 5.49. The van der Waals surface area contributed by atoms with Crippen molar-refractivity contribution in [3.8, 4) is 17.1 Å². The number of aromatic hydroxyl groups is 1. The number of rotatable bonds is 4. The van der Waals surface area contributed by atoms with Gasteiger partial charge in [-0.15, -0.1) is 0 Å². The van der Waals surface area contributed by atoms with E-state index in [1.807, 2.05) is 32.4 Å². The van der Waals surface area contributed by atoms with Gasteiger partial charge in [-0.2, -0.15) is 0 Å². The van der Waals surface area contributed by atoms with Gasteiger partial charge in [-0.25, -0.2) is 4.98 Å². The van der Waals surface area contributed by atoms with Crippen LogP contribution in [0.5, 0.6) is 5.75 Å². The first-order chi connectivity index (χ1) is 10.6. The standard InChI is InChI=1S/C18H19N3O/c1-20(2)16-5-3-4-14(12-16)13-21-11-10-19-18(21)15-6-8-17(22)9-7-15/h3-12,22H,13H2,1-2H3. The van der Waals surface area contributed by atoms with E-state index in [-0.39, 0.29) is 5.75 Å². The summed E-state index contributed by atoms with van der Waals surface area (Å²) < 4.78 is 2.11. The van der Waals surface area contributed by atoms with Crippen LogP contribution in [0.15, 0.2) is 60.9 Å². The van der Waals surface area contributed by atoms with E-state index in [2.05, 4.69) is 38.7 Å². The van der Waals surface area contributed by atoms with Crippen molar-refractivity contribution >= 4 is 5.69 Å². The van der Waals surface area contributed by atoms with Crippen molar-refractivity contribution in [3.63, 3.8) is 0 Å². The Bertz CT molecular complexity index is 760. The molecule has 0 unspecified atom stereocenters. The van der Waals surface area contributed by atoms with Crippen LogP contribution in [0.2, 0.25) is 0 Å². The van der Waals surface area contributed by atoms with Gasteiger partial charge in [0.2, 0.25) is 0 Å². The normalized spacial score (nSPS) is 10.6. The zero-order valence-corrected chi connectivity index (χ0v) is 12.8. The Morgan fingerprint density at radius 1 is 1.09 bits per heavy atom. The van der Waals surface area contributed by atoms with Gasteiger partial charge in [0.15, 0.2) is 0 Å². The molecule has 0 bridgehead atoms. The van der Waals surface area contributed by atoms with E-state index >= 15 is 0 Å². The Morgan fingerprint density at radius 3 is 2.59 bits per heavy atom. The van der Waals surface area contributed by atoms with Crippen molar-refractivity contribution in [2.75, 3.05) is 19.0 Å². The van der Waals surface area contributed by atoms with Crippen LogP contribution in [0.25, 0.3) is 11.4 Å². The number of hydrogen-bond donors (Lipinski definition) is 1. The van der Waals surface area contributed by atoms with Crippen LogP contribution in [-0.2, 0) is 6.54 Å². The topological polar surface area (TPSA) is 41.3 Å². The number of phenols is 1. The van der Waals surface area contributed by atoms with Gasteiger partial charge in [0.1, 0.15) is 11.6 Å². The predicted octanol–water partition coefficient (Wildman–Crippen LogP) is 3.37. The monoisotopic (exact) mass is 293 g/mol. The van der Waals surface area contributed by atoms with E-state index < -0.39 is 0 Å². The molecular weight excluding hydrogens is 274 g/mol. The molecule has 22 heavy (non-hydrogen) atoms. The average Bonchev–Trinajstić information content (AvgIpc) is 2.96. The van der Waals surface area contributed by atoms with Crippen LogP contribution in [0.4, 0.5) is 5.69 Å². The summed E-state index contributed by atoms with van der Waals surface area (Å²) in [5, 5.41) is 9.41. The molecule has 0 fully saturated rings. The lowest BCUT2D eigenvalue weighted by Gasteiger charge is -2.14. The van der Waals surface area contributed by atoms with Gasteiger partial charge in [-0.1, -0.05) is 12.1 Å². The molecule has 1 N–H and O–H groups in total. The number of anilines is 1. The fraction of sp³-hybridized carbons (Fsp3) is 0.167. The molecule has 0 spiro atoms. The number of aromatic nitrogens is 2. The molecule has 0 aliphatic heterocycles. The first kappa shape index (κ1) is 14.2. The Kier molecular flexibility index (Phi) is 3.83. The summed E-state index contributed by atoms with van der Waals surface area (Å²) in [6.07, 6.45) is 3.78. The number of nitrogens with zero attached hydrogens (tertiary/aromatic N) is 3. The first-order valence-electron chi connectivity index (χ1n) is 7.20. The highest BCUT2D eigenvalue weighted by molar-refractivity contribution is 5.57. The minimum absolute atomic E-state index is 0.264. The van der Waals surface area contributed by atoms with E-state index in [0.29, 0.717) is 0 Å². The van der Waals surface area contributed by atoms with Gasteiger partial charge in [0, 0.05) is 44.3 Å². The fourth-order valence-electron chi connectivity index (χ4n) is 2.44. The van der Waals surface area contributed by atoms with Gasteiger partial charge < -0.3 is 14.6 Å². The number of benzene rings is 2. The highest BCUT2D eigenvalue weighted by Crippen LogP contribution is 2.22. The molecular formula is C18H19N3O. The zero-order valence-electron chi connectivity index (χ0n) is 12.8. The third-order valence-electron chi connectivity index (χ3n) is 3.62. The highest BCUT2D eigenvalue weighted by Gasteiger charge is 2.07. The summed E-state index contributed by atoms with van der Waals surface area (Å²) in [6, 6.07) is 15.6. The van der Waals surface area contributed by atoms with Crippen molar-refractivity contribution in [1.82, 2.24) is 9.55 Å². The molecule has 0 amide bonds. The van der Waals surface area contributed by atoms with Gasteiger partial charge in [0.25, 0.3) is 0 Å². The Morgan fingerprint density at radius 2 is 1.86 bits per heavy atom. The molecule has 3 rings (SSSR count). The van der Waals surface area contributed by atoms with E-state index in [1.54, 1.807) is 18.3 Å². The molecule has 4 heteroatoms. The summed E-state index contributed by atoms with van der Waals surface area (Å²) >= 11 is 0. The molecule has 0 radical (unpaired) electrons. The van der Waals surface area contributed by atoms with Crippen molar-refractivity contribution in [2.45, 2.75) is 6.54 Å². The van der Waals surface area contributed by atoms with E-state index in [4.69, 9.17) is 0 Å². The number of hydrogen-bond acceptors (Lipinski definition) is 3. The largest absolute Gasteiger partial charge is 0.508 e. The van der Waals surface area contributed by atoms with Crippen LogP contribution in [0.1, 0.15) is 5.56 Å². The average molecular weight is 293 g/mol. The molecule has 1 heterocycles. The first-order valence-corrected chi connectivity index (χ1v) is 7.20. The molecule has 3 aromatic rings. The van der Waals surface area contributed by atoms with Crippen molar-refractivity contribution < 1.29 is 5.11 Å². The molecule has 0 aliphatic rings. The lowest BCUT2D eigenvalue weighted by Crippen LogP contribution is -2.09. The molecule has 4 nitrogen and oxygen atoms in total. The Labute approximate surface area is 130 Å². The molecule has 0 atom stereocenters. The van der Waals surface area contributed by atoms with Gasteiger partial charge in [-0.3, -0.25) is 0 Å². The Balaban J connectivity index is 1.89. The molecule has 2 aromatic carbocycles. The molecule has 1 aromatic heterocycles. The minimum atomic E-state index is 0.264. The van der Waals surface area contributed by atoms with Crippen molar-refractivity contribution in [3.05, 3.63) is 66.5 Å². The summed E-state index contributed by atoms with van der Waals surface area (Å²) in [4.78, 5) is 6.54. The third-order valence-corrected chi connectivity index (χ3v) is 3.62. The summed E-state index contributed by atoms with van der Waals surface area (Å²) in [7, 11) is 4.08. The van der Waals surface area contributed by atoms with Crippen LogP contribution in [-0.4, -0.2) is 28.8 Å². The van der Waals surface area contributed by atoms with Gasteiger partial charge >= 0.3 is 0 Å². The predicted molar refractivity (Wildman–Crippen MR) is 89.2 cm³/mol. The van der Waals surface area contributed by atoms with E-state index in [9.17, 15) is 5.11 Å². The smallest absolute Gasteiger partial charge is 0.140 e. The van der Waals surface area contributed by atoms with Crippen LogP contribution < -0.4 is 4.90 Å². The molecule has 0 aliphatic carbocycles. The van der Waals surface area contributed by atoms with E-state index in [0.717, 1.165) is 17.9 Å². The fourth-order valence-corrected chi connectivity index (χ4v) is 2.44. The lowest BCUT2D eigenvalue weighted by atomic mass is 10.1. The maximum absolute atomic E-state index is 9.41. The summed E-state index contributed by atoms with van der Waals surface area (Å²) in [5.41, 5.74) is 3.40. The minimum Gasteiger partial charge on any atom is -0.508 e. The van der Waals surface area contributed by atoms with Crippen molar-refractivity contribution in [1.29, 1.82) is 0 Å². The van der Waals surface area contributed by atoms with Crippen LogP contribution in [0.3, 0.4) is 0 Å². The van der Waals surface area contributed by atoms with Crippen molar-refractivity contribution in [2.24, 2.45) is 0 Å². The van der Waals surface area contributed by atoms with E-state index in [1.165, 1.54) is 11.3 Å². The maximum Gasteiger partial charge on any atom is 0.140 e. The SMILES string of the molecule is CN(C)c1cccc(Cn2ccnc2-c2ccc(O)cc2)c1. The lowest BCUT2D eigenvalue weighted by molar-refractivity contribution is 0.475. The highest BCUT2D eigenvalue weighted by atomic mass is 16.3. The van der Waals surface area contributed by atoms with Crippen LogP contribution >= 0.6 is 0 Å². The number of imidazole rings is 1. The number of phenolic OH excluding ortho intramolecular Hbond substituents is 1. The molecule has 0 saturated heterocycles. The molecule has 112 valence electrons. The quantitative estimate of drug-likeness (QED) is 0.802. The summed E-state index contributed by atoms with van der Waals surface area (Å²) in [6.45, 7) is 0.762. The zero-order chi connectivity index (χ0) is 15.5. The van der Waals surface area contributed by atoms with Crippen LogP contribution in [0, 0.1) is 0 Å².